The van der Waals surface area contributed by atoms with Crippen LogP contribution in [-0.4, -0.2) is 28.8 Å². The highest BCUT2D eigenvalue weighted by Gasteiger charge is 1.94. The molecule has 0 aliphatic heterocycles. The summed E-state index contributed by atoms with van der Waals surface area (Å²) in [7, 11) is 0. The van der Waals surface area contributed by atoms with Crippen LogP contribution in [0.5, 0.6) is 0 Å². The normalized spacial score (nSPS) is 11.0. The summed E-state index contributed by atoms with van der Waals surface area (Å²) in [6.07, 6.45) is 5.61. The summed E-state index contributed by atoms with van der Waals surface area (Å²) < 4.78 is 1.90. The Kier molecular flexibility index (Phi) is 8.49. The molecule has 0 unspecified atom stereocenters. The molecule has 1 heterocycles. The predicted molar refractivity (Wildman–Crippen MR) is 96.9 cm³/mol. The van der Waals surface area contributed by atoms with Crippen molar-refractivity contribution >= 4 is 29.9 Å². The number of rotatable bonds is 7. The molecule has 0 atom stereocenters. The highest BCUT2D eigenvalue weighted by atomic mass is 127. The first kappa shape index (κ1) is 17.5. The van der Waals surface area contributed by atoms with Gasteiger partial charge in [0.1, 0.15) is 0 Å². The number of benzene rings is 1. The third-order valence-electron chi connectivity index (χ3n) is 2.95. The van der Waals surface area contributed by atoms with Gasteiger partial charge in [-0.15, -0.1) is 24.0 Å². The minimum absolute atomic E-state index is 0. The van der Waals surface area contributed by atoms with Crippen molar-refractivity contribution in [3.8, 4) is 0 Å². The van der Waals surface area contributed by atoms with Crippen molar-refractivity contribution in [1.29, 1.82) is 0 Å². The highest BCUT2D eigenvalue weighted by Crippen LogP contribution is 1.97. The SMILES string of the molecule is I.NC(=NCCCn1cccn1)NCCc1ccccc1. The smallest absolute Gasteiger partial charge is 0.188 e. The van der Waals surface area contributed by atoms with E-state index in [4.69, 9.17) is 5.73 Å². The third kappa shape index (κ3) is 7.12. The van der Waals surface area contributed by atoms with Crippen molar-refractivity contribution in [2.75, 3.05) is 13.1 Å². The van der Waals surface area contributed by atoms with E-state index in [0.717, 1.165) is 25.9 Å². The molecule has 5 nitrogen and oxygen atoms in total. The lowest BCUT2D eigenvalue weighted by Crippen LogP contribution is -2.33. The molecule has 0 saturated carbocycles. The van der Waals surface area contributed by atoms with Gasteiger partial charge in [-0.1, -0.05) is 30.3 Å². The van der Waals surface area contributed by atoms with Gasteiger partial charge in [-0.3, -0.25) is 9.67 Å². The van der Waals surface area contributed by atoms with E-state index in [2.05, 4.69) is 27.5 Å². The van der Waals surface area contributed by atoms with Crippen LogP contribution < -0.4 is 11.1 Å². The minimum Gasteiger partial charge on any atom is -0.370 e. The molecule has 1 aromatic carbocycles. The highest BCUT2D eigenvalue weighted by molar-refractivity contribution is 14.0. The van der Waals surface area contributed by atoms with Crippen molar-refractivity contribution in [3.63, 3.8) is 0 Å². The van der Waals surface area contributed by atoms with Gasteiger partial charge in [0, 0.05) is 32.0 Å². The maximum Gasteiger partial charge on any atom is 0.188 e. The Labute approximate surface area is 142 Å². The number of nitrogens with two attached hydrogens (primary N) is 1. The zero-order chi connectivity index (χ0) is 14.0. The van der Waals surface area contributed by atoms with Crippen molar-refractivity contribution in [2.24, 2.45) is 10.7 Å². The van der Waals surface area contributed by atoms with Crippen LogP contribution in [0.15, 0.2) is 53.8 Å². The van der Waals surface area contributed by atoms with E-state index in [1.807, 2.05) is 35.1 Å². The summed E-state index contributed by atoms with van der Waals surface area (Å²) in [6.45, 7) is 2.39. The van der Waals surface area contributed by atoms with Crippen molar-refractivity contribution in [2.45, 2.75) is 19.4 Å². The fourth-order valence-corrected chi connectivity index (χ4v) is 1.90. The standard InChI is InChI=1S/C15H21N5.HI/c16-15(17-9-4-12-20-13-5-10-19-20)18-11-8-14-6-2-1-3-7-14;/h1-3,5-7,10,13H,4,8-9,11-12H2,(H3,16,17,18);1H. The van der Waals surface area contributed by atoms with Crippen LogP contribution >= 0.6 is 24.0 Å². The third-order valence-corrected chi connectivity index (χ3v) is 2.95. The number of aromatic nitrogens is 2. The van der Waals surface area contributed by atoms with Crippen LogP contribution in [0.4, 0.5) is 0 Å². The van der Waals surface area contributed by atoms with Gasteiger partial charge in [-0.2, -0.15) is 5.10 Å². The van der Waals surface area contributed by atoms with Gasteiger partial charge in [0.15, 0.2) is 5.96 Å². The fourth-order valence-electron chi connectivity index (χ4n) is 1.90. The zero-order valence-corrected chi connectivity index (χ0v) is 14.3. The summed E-state index contributed by atoms with van der Waals surface area (Å²) >= 11 is 0. The van der Waals surface area contributed by atoms with Crippen molar-refractivity contribution < 1.29 is 0 Å². The van der Waals surface area contributed by atoms with E-state index in [1.54, 1.807) is 6.20 Å². The molecule has 3 N–H and O–H groups in total. The first-order valence-corrected chi connectivity index (χ1v) is 6.90. The number of halogens is 1. The molecular weight excluding hydrogens is 377 g/mol. The van der Waals surface area contributed by atoms with Crippen molar-refractivity contribution in [3.05, 3.63) is 54.4 Å². The van der Waals surface area contributed by atoms with Crippen LogP contribution in [0.2, 0.25) is 0 Å². The number of aryl methyl sites for hydroxylation is 1. The second-order valence-electron chi connectivity index (χ2n) is 4.55. The molecule has 0 aliphatic carbocycles. The number of nitrogens with one attached hydrogen (secondary N) is 1. The molecule has 114 valence electrons. The molecule has 0 amide bonds. The Morgan fingerprint density at radius 1 is 1.24 bits per heavy atom. The lowest BCUT2D eigenvalue weighted by atomic mass is 10.1. The van der Waals surface area contributed by atoms with Gasteiger partial charge in [0.2, 0.25) is 0 Å². The summed E-state index contributed by atoms with van der Waals surface area (Å²) in [5.41, 5.74) is 7.11. The molecule has 0 spiro atoms. The summed E-state index contributed by atoms with van der Waals surface area (Å²) in [5, 5.41) is 7.27. The lowest BCUT2D eigenvalue weighted by molar-refractivity contribution is 0.584. The Balaban J connectivity index is 0.00000220. The fraction of sp³-hybridized carbons (Fsp3) is 0.333. The van der Waals surface area contributed by atoms with Crippen LogP contribution in [-0.2, 0) is 13.0 Å². The largest absolute Gasteiger partial charge is 0.370 e. The van der Waals surface area contributed by atoms with Crippen LogP contribution in [0.25, 0.3) is 0 Å². The van der Waals surface area contributed by atoms with E-state index in [-0.39, 0.29) is 24.0 Å². The molecule has 0 saturated heterocycles. The summed E-state index contributed by atoms with van der Waals surface area (Å²) in [5.74, 6) is 0.515. The predicted octanol–water partition coefficient (Wildman–Crippen LogP) is 2.04. The number of guanidine groups is 1. The monoisotopic (exact) mass is 399 g/mol. The number of nitrogens with zero attached hydrogens (tertiary/aromatic N) is 3. The van der Waals surface area contributed by atoms with Gasteiger partial charge in [0.05, 0.1) is 0 Å². The first-order valence-electron chi connectivity index (χ1n) is 6.90. The second-order valence-corrected chi connectivity index (χ2v) is 4.55. The molecule has 2 aromatic rings. The summed E-state index contributed by atoms with van der Waals surface area (Å²) in [6, 6.07) is 12.2. The zero-order valence-electron chi connectivity index (χ0n) is 12.0. The van der Waals surface area contributed by atoms with Gasteiger partial charge in [0.25, 0.3) is 0 Å². The lowest BCUT2D eigenvalue weighted by Gasteiger charge is -2.06. The quantitative estimate of drug-likeness (QED) is 0.324. The Morgan fingerprint density at radius 3 is 2.76 bits per heavy atom. The van der Waals surface area contributed by atoms with E-state index >= 15 is 0 Å². The van der Waals surface area contributed by atoms with Gasteiger partial charge < -0.3 is 11.1 Å². The van der Waals surface area contributed by atoms with Gasteiger partial charge in [-0.25, -0.2) is 0 Å². The van der Waals surface area contributed by atoms with Gasteiger partial charge >= 0.3 is 0 Å². The first-order chi connectivity index (χ1) is 9.84. The molecule has 2 rings (SSSR count). The molecular formula is C15H22IN5. The average molecular weight is 399 g/mol. The maximum absolute atomic E-state index is 5.81. The number of hydrogen-bond donors (Lipinski definition) is 2. The van der Waals surface area contributed by atoms with E-state index in [0.29, 0.717) is 12.5 Å². The van der Waals surface area contributed by atoms with E-state index in [9.17, 15) is 0 Å². The Bertz CT molecular complexity index is 510. The molecule has 1 aromatic heterocycles. The maximum atomic E-state index is 5.81. The van der Waals surface area contributed by atoms with Gasteiger partial charge in [-0.05, 0) is 24.5 Å². The van der Waals surface area contributed by atoms with Crippen molar-refractivity contribution in [1.82, 2.24) is 15.1 Å². The number of aliphatic imine (C=N–C) groups is 1. The Morgan fingerprint density at radius 2 is 2.05 bits per heavy atom. The topological polar surface area (TPSA) is 68.2 Å². The summed E-state index contributed by atoms with van der Waals surface area (Å²) in [4.78, 5) is 4.30. The molecule has 0 fully saturated rings. The molecule has 0 radical (unpaired) electrons. The molecule has 0 aliphatic rings. The van der Waals surface area contributed by atoms with Crippen LogP contribution in [0.1, 0.15) is 12.0 Å². The molecule has 6 heteroatoms. The molecule has 0 bridgehead atoms. The van der Waals surface area contributed by atoms with E-state index < -0.39 is 0 Å². The van der Waals surface area contributed by atoms with Crippen LogP contribution in [0, 0.1) is 0 Å². The number of hydrogen-bond acceptors (Lipinski definition) is 2. The average Bonchev–Trinajstić information content (AvgIpc) is 2.98. The van der Waals surface area contributed by atoms with Crippen LogP contribution in [0.3, 0.4) is 0 Å². The minimum atomic E-state index is 0. The molecule has 21 heavy (non-hydrogen) atoms. The van der Waals surface area contributed by atoms with E-state index in [1.165, 1.54) is 5.56 Å². The second kappa shape index (κ2) is 10.2. The Hall–Kier alpha value is -1.57.